The van der Waals surface area contributed by atoms with Crippen LogP contribution in [0, 0.1) is 13.8 Å². The minimum absolute atomic E-state index is 0.450. The molecule has 1 unspecified atom stereocenters. The molecule has 0 fully saturated rings. The number of anilines is 1. The second-order valence-corrected chi connectivity index (χ2v) is 6.39. The van der Waals surface area contributed by atoms with Gasteiger partial charge in [-0.25, -0.2) is 0 Å². The quantitative estimate of drug-likeness (QED) is 0.852. The van der Waals surface area contributed by atoms with Crippen LogP contribution in [0.5, 0.6) is 0 Å². The fourth-order valence-electron chi connectivity index (χ4n) is 2.57. The molecule has 3 heteroatoms. The average molecular weight is 348 g/mol. The first kappa shape index (κ1) is 16.1. The number of halogens is 1. The Hall–Kier alpha value is -1.32. The number of aryl methyl sites for hydroxylation is 2. The van der Waals surface area contributed by atoms with E-state index in [0.717, 1.165) is 16.6 Å². The van der Waals surface area contributed by atoms with Crippen LogP contribution in [0.2, 0.25) is 0 Å². The lowest BCUT2D eigenvalue weighted by Gasteiger charge is -2.23. The third-order valence-corrected chi connectivity index (χ3v) is 4.49. The molecule has 0 aliphatic heterocycles. The van der Waals surface area contributed by atoms with Crippen LogP contribution in [0.3, 0.4) is 0 Å². The summed E-state index contributed by atoms with van der Waals surface area (Å²) in [5, 5.41) is 10.4. The summed E-state index contributed by atoms with van der Waals surface area (Å²) >= 11 is 3.49. The van der Waals surface area contributed by atoms with Gasteiger partial charge >= 0.3 is 0 Å². The number of aliphatic hydroxyl groups excluding tert-OH is 1. The van der Waals surface area contributed by atoms with Crippen LogP contribution in [0.1, 0.15) is 29.2 Å². The van der Waals surface area contributed by atoms with Gasteiger partial charge in [-0.3, -0.25) is 0 Å². The lowest BCUT2D eigenvalue weighted by molar-refractivity contribution is 0.169. The zero-order valence-corrected chi connectivity index (χ0v) is 14.4. The van der Waals surface area contributed by atoms with Gasteiger partial charge in [0.2, 0.25) is 0 Å². The van der Waals surface area contributed by atoms with Gasteiger partial charge in [0.25, 0.3) is 0 Å². The topological polar surface area (TPSA) is 23.5 Å². The van der Waals surface area contributed by atoms with Crippen molar-refractivity contribution in [2.24, 2.45) is 0 Å². The van der Waals surface area contributed by atoms with Gasteiger partial charge in [0.1, 0.15) is 0 Å². The van der Waals surface area contributed by atoms with Crippen molar-refractivity contribution in [3.63, 3.8) is 0 Å². The molecule has 1 N–H and O–H groups in total. The van der Waals surface area contributed by atoms with Gasteiger partial charge < -0.3 is 10.0 Å². The smallest absolute Gasteiger partial charge is 0.0817 e. The molecule has 21 heavy (non-hydrogen) atoms. The number of rotatable bonds is 5. The first-order chi connectivity index (χ1) is 9.99. The Morgan fingerprint density at radius 1 is 1.14 bits per heavy atom. The monoisotopic (exact) mass is 347 g/mol. The molecule has 2 rings (SSSR count). The van der Waals surface area contributed by atoms with E-state index in [9.17, 15) is 5.11 Å². The Balaban J connectivity index is 2.01. The number of benzene rings is 2. The van der Waals surface area contributed by atoms with Gasteiger partial charge in [0.05, 0.1) is 6.10 Å². The molecule has 2 aromatic carbocycles. The summed E-state index contributed by atoms with van der Waals surface area (Å²) in [7, 11) is 2.07. The Morgan fingerprint density at radius 2 is 1.86 bits per heavy atom. The van der Waals surface area contributed by atoms with Crippen LogP contribution >= 0.6 is 15.9 Å². The molecule has 0 aliphatic rings. The van der Waals surface area contributed by atoms with Crippen molar-refractivity contribution in [2.45, 2.75) is 26.4 Å². The standard InChI is InChI=1S/C18H22BrNO/c1-13-8-9-17(14(2)12-13)20(3)11-10-18(21)15-6-4-5-7-16(15)19/h4-9,12,18,21H,10-11H2,1-3H3. The van der Waals surface area contributed by atoms with Gasteiger partial charge in [0, 0.05) is 23.8 Å². The fourth-order valence-corrected chi connectivity index (χ4v) is 3.12. The van der Waals surface area contributed by atoms with Crippen molar-refractivity contribution in [3.05, 3.63) is 63.6 Å². The maximum absolute atomic E-state index is 10.4. The largest absolute Gasteiger partial charge is 0.388 e. The van der Waals surface area contributed by atoms with E-state index in [4.69, 9.17) is 0 Å². The molecule has 0 saturated heterocycles. The van der Waals surface area contributed by atoms with Crippen LogP contribution in [0.4, 0.5) is 5.69 Å². The molecule has 0 aromatic heterocycles. The summed E-state index contributed by atoms with van der Waals surface area (Å²) in [6, 6.07) is 14.3. The summed E-state index contributed by atoms with van der Waals surface area (Å²) < 4.78 is 0.965. The van der Waals surface area contributed by atoms with E-state index in [1.54, 1.807) is 0 Å². The van der Waals surface area contributed by atoms with E-state index < -0.39 is 6.10 Å². The summed E-state index contributed by atoms with van der Waals surface area (Å²) in [6.45, 7) is 5.04. The van der Waals surface area contributed by atoms with E-state index >= 15 is 0 Å². The molecular weight excluding hydrogens is 326 g/mol. The minimum atomic E-state index is -0.450. The predicted octanol–water partition coefficient (Wildman–Crippen LogP) is 4.63. The van der Waals surface area contributed by atoms with Crippen LogP contribution in [-0.4, -0.2) is 18.7 Å². The van der Waals surface area contributed by atoms with Crippen molar-refractivity contribution in [2.75, 3.05) is 18.5 Å². The van der Waals surface area contributed by atoms with Gasteiger partial charge in [-0.05, 0) is 43.5 Å². The number of nitrogens with zero attached hydrogens (tertiary/aromatic N) is 1. The van der Waals surface area contributed by atoms with Crippen LogP contribution in [0.25, 0.3) is 0 Å². The first-order valence-corrected chi connectivity index (χ1v) is 7.99. The van der Waals surface area contributed by atoms with Crippen molar-refractivity contribution in [1.29, 1.82) is 0 Å². The normalized spacial score (nSPS) is 12.2. The predicted molar refractivity (Wildman–Crippen MR) is 92.9 cm³/mol. The molecule has 1 atom stereocenters. The number of hydrogen-bond acceptors (Lipinski definition) is 2. The van der Waals surface area contributed by atoms with Gasteiger partial charge in [0.15, 0.2) is 0 Å². The molecule has 112 valence electrons. The highest BCUT2D eigenvalue weighted by Gasteiger charge is 2.12. The van der Waals surface area contributed by atoms with Crippen LogP contribution in [0.15, 0.2) is 46.9 Å². The van der Waals surface area contributed by atoms with E-state index in [0.29, 0.717) is 6.42 Å². The number of hydrogen-bond donors (Lipinski definition) is 1. The lowest BCUT2D eigenvalue weighted by atomic mass is 10.1. The average Bonchev–Trinajstić information content (AvgIpc) is 2.45. The molecule has 2 nitrogen and oxygen atoms in total. The summed E-state index contributed by atoms with van der Waals surface area (Å²) in [5.74, 6) is 0. The molecule has 0 bridgehead atoms. The Kier molecular flexibility index (Phi) is 5.43. The maximum Gasteiger partial charge on any atom is 0.0817 e. The molecule has 0 spiro atoms. The van der Waals surface area contributed by atoms with Gasteiger partial charge in [-0.15, -0.1) is 0 Å². The first-order valence-electron chi connectivity index (χ1n) is 7.20. The van der Waals surface area contributed by atoms with Crippen LogP contribution < -0.4 is 4.90 Å². The highest BCUT2D eigenvalue weighted by molar-refractivity contribution is 9.10. The van der Waals surface area contributed by atoms with E-state index in [1.807, 2.05) is 24.3 Å². The molecule has 0 amide bonds. The molecule has 0 saturated carbocycles. The van der Waals surface area contributed by atoms with Gasteiger partial charge in [-0.2, -0.15) is 0 Å². The second-order valence-electron chi connectivity index (χ2n) is 5.54. The second kappa shape index (κ2) is 7.10. The third-order valence-electron chi connectivity index (χ3n) is 3.77. The van der Waals surface area contributed by atoms with Crippen LogP contribution in [-0.2, 0) is 0 Å². The highest BCUT2D eigenvalue weighted by Crippen LogP contribution is 2.26. The van der Waals surface area contributed by atoms with Crippen molar-refractivity contribution in [1.82, 2.24) is 0 Å². The summed E-state index contributed by atoms with van der Waals surface area (Å²) in [5.41, 5.74) is 4.72. The van der Waals surface area contributed by atoms with Crippen molar-refractivity contribution in [3.8, 4) is 0 Å². The SMILES string of the molecule is Cc1ccc(N(C)CCC(O)c2ccccc2Br)c(C)c1. The molecule has 0 aliphatic carbocycles. The minimum Gasteiger partial charge on any atom is -0.388 e. The zero-order valence-electron chi connectivity index (χ0n) is 12.8. The number of aliphatic hydroxyl groups is 1. The Morgan fingerprint density at radius 3 is 2.52 bits per heavy atom. The maximum atomic E-state index is 10.4. The summed E-state index contributed by atoms with van der Waals surface area (Å²) in [6.07, 6.45) is 0.251. The molecule has 2 aromatic rings. The third kappa shape index (κ3) is 4.08. The van der Waals surface area contributed by atoms with E-state index in [-0.39, 0.29) is 0 Å². The van der Waals surface area contributed by atoms with Crippen molar-refractivity contribution < 1.29 is 5.11 Å². The molecule has 0 radical (unpaired) electrons. The Bertz CT molecular complexity index is 612. The molecule has 0 heterocycles. The fraction of sp³-hybridized carbons (Fsp3) is 0.333. The highest BCUT2D eigenvalue weighted by atomic mass is 79.9. The molecular formula is C18H22BrNO. The zero-order chi connectivity index (χ0) is 15.4. The Labute approximate surface area is 135 Å². The van der Waals surface area contributed by atoms with Gasteiger partial charge in [-0.1, -0.05) is 51.8 Å². The lowest BCUT2D eigenvalue weighted by Crippen LogP contribution is -2.21. The van der Waals surface area contributed by atoms with E-state index in [2.05, 4.69) is 59.9 Å². The van der Waals surface area contributed by atoms with Crippen molar-refractivity contribution >= 4 is 21.6 Å². The summed E-state index contributed by atoms with van der Waals surface area (Å²) in [4.78, 5) is 2.20. The van der Waals surface area contributed by atoms with E-state index in [1.165, 1.54) is 16.8 Å².